The molecular weight excluding hydrogens is 224 g/mol. The van der Waals surface area contributed by atoms with Crippen LogP contribution >= 0.6 is 0 Å². The van der Waals surface area contributed by atoms with Crippen molar-refractivity contribution in [1.29, 1.82) is 0 Å². The van der Waals surface area contributed by atoms with E-state index in [0.717, 1.165) is 37.1 Å². The fourth-order valence-electron chi connectivity index (χ4n) is 2.54. The molecule has 0 aliphatic carbocycles. The molecule has 2 N–H and O–H groups in total. The summed E-state index contributed by atoms with van der Waals surface area (Å²) in [5.74, 6) is 0. The summed E-state index contributed by atoms with van der Waals surface area (Å²) < 4.78 is 5.62. The maximum absolute atomic E-state index is 6.19. The van der Waals surface area contributed by atoms with Gasteiger partial charge in [0.15, 0.2) is 0 Å². The van der Waals surface area contributed by atoms with Crippen molar-refractivity contribution in [2.75, 3.05) is 6.61 Å². The minimum atomic E-state index is 0.0566. The molecular formula is C15H18N2O. The summed E-state index contributed by atoms with van der Waals surface area (Å²) in [6.07, 6.45) is 3.20. The molecule has 2 heterocycles. The number of fused-ring (bicyclic) bond motifs is 1. The molecule has 3 heteroatoms. The lowest BCUT2D eigenvalue weighted by Gasteiger charge is -2.18. The zero-order chi connectivity index (χ0) is 12.4. The SMILES string of the molecule is NC(Cc1ccc2ccccc2n1)C1CCCO1. The fraction of sp³-hybridized carbons (Fsp3) is 0.400. The average Bonchev–Trinajstić information content (AvgIpc) is 2.92. The monoisotopic (exact) mass is 242 g/mol. The number of nitrogens with zero attached hydrogens (tertiary/aromatic N) is 1. The molecule has 1 saturated heterocycles. The van der Waals surface area contributed by atoms with Crippen LogP contribution < -0.4 is 5.73 Å². The van der Waals surface area contributed by atoms with E-state index in [1.165, 1.54) is 5.39 Å². The molecule has 2 atom stereocenters. The molecule has 1 aliphatic rings. The van der Waals surface area contributed by atoms with Crippen molar-refractivity contribution < 1.29 is 4.74 Å². The molecule has 2 aromatic rings. The van der Waals surface area contributed by atoms with Crippen LogP contribution in [-0.4, -0.2) is 23.7 Å². The Bertz CT molecular complexity index is 535. The van der Waals surface area contributed by atoms with Crippen LogP contribution in [0.1, 0.15) is 18.5 Å². The van der Waals surface area contributed by atoms with E-state index in [1.807, 2.05) is 18.2 Å². The van der Waals surface area contributed by atoms with Gasteiger partial charge in [-0.25, -0.2) is 0 Å². The van der Waals surface area contributed by atoms with Gasteiger partial charge in [0.1, 0.15) is 0 Å². The van der Waals surface area contributed by atoms with Gasteiger partial charge in [0.05, 0.1) is 11.6 Å². The number of para-hydroxylation sites is 1. The molecule has 3 rings (SSSR count). The first-order valence-electron chi connectivity index (χ1n) is 6.55. The van der Waals surface area contributed by atoms with Gasteiger partial charge in [-0.1, -0.05) is 24.3 Å². The molecule has 18 heavy (non-hydrogen) atoms. The van der Waals surface area contributed by atoms with Crippen molar-refractivity contribution in [3.8, 4) is 0 Å². The number of hydrogen-bond acceptors (Lipinski definition) is 3. The molecule has 0 saturated carbocycles. The first kappa shape index (κ1) is 11.6. The van der Waals surface area contributed by atoms with Crippen LogP contribution in [0.5, 0.6) is 0 Å². The Labute approximate surface area is 107 Å². The van der Waals surface area contributed by atoms with Gasteiger partial charge < -0.3 is 10.5 Å². The number of benzene rings is 1. The number of ether oxygens (including phenoxy) is 1. The lowest BCUT2D eigenvalue weighted by Crippen LogP contribution is -2.36. The van der Waals surface area contributed by atoms with Gasteiger partial charge in [-0.3, -0.25) is 4.98 Å². The minimum absolute atomic E-state index is 0.0566. The van der Waals surface area contributed by atoms with Crippen LogP contribution in [0.15, 0.2) is 36.4 Å². The second-order valence-corrected chi connectivity index (χ2v) is 4.91. The maximum Gasteiger partial charge on any atom is 0.0730 e. The predicted molar refractivity (Wildman–Crippen MR) is 72.4 cm³/mol. The van der Waals surface area contributed by atoms with E-state index in [-0.39, 0.29) is 12.1 Å². The van der Waals surface area contributed by atoms with Crippen molar-refractivity contribution >= 4 is 10.9 Å². The van der Waals surface area contributed by atoms with Crippen LogP contribution in [0, 0.1) is 0 Å². The molecule has 0 spiro atoms. The van der Waals surface area contributed by atoms with E-state index < -0.39 is 0 Å². The van der Waals surface area contributed by atoms with Crippen molar-refractivity contribution in [2.45, 2.75) is 31.4 Å². The van der Waals surface area contributed by atoms with Crippen LogP contribution in [-0.2, 0) is 11.2 Å². The molecule has 0 radical (unpaired) electrons. The zero-order valence-electron chi connectivity index (χ0n) is 10.4. The summed E-state index contributed by atoms with van der Waals surface area (Å²) >= 11 is 0. The van der Waals surface area contributed by atoms with Crippen LogP contribution in [0.4, 0.5) is 0 Å². The fourth-order valence-corrected chi connectivity index (χ4v) is 2.54. The maximum atomic E-state index is 6.19. The molecule has 1 fully saturated rings. The Morgan fingerprint density at radius 2 is 2.17 bits per heavy atom. The Hall–Kier alpha value is -1.45. The molecule has 1 aromatic heterocycles. The van der Waals surface area contributed by atoms with Crippen LogP contribution in [0.3, 0.4) is 0 Å². The van der Waals surface area contributed by atoms with E-state index in [4.69, 9.17) is 10.5 Å². The second kappa shape index (κ2) is 5.04. The predicted octanol–water partition coefficient (Wildman–Crippen LogP) is 2.28. The molecule has 1 aliphatic heterocycles. The smallest absolute Gasteiger partial charge is 0.0730 e. The number of nitrogens with two attached hydrogens (primary N) is 1. The summed E-state index contributed by atoms with van der Waals surface area (Å²) in [6.45, 7) is 0.851. The number of pyridine rings is 1. The van der Waals surface area contributed by atoms with Gasteiger partial charge in [0.2, 0.25) is 0 Å². The van der Waals surface area contributed by atoms with Crippen molar-refractivity contribution in [3.63, 3.8) is 0 Å². The first-order chi connectivity index (χ1) is 8.83. The standard InChI is InChI=1S/C15H18N2O/c16-13(15-6-3-9-18-15)10-12-8-7-11-4-1-2-5-14(11)17-12/h1-2,4-5,7-8,13,15H,3,6,9-10,16H2. The van der Waals surface area contributed by atoms with Gasteiger partial charge >= 0.3 is 0 Å². The Morgan fingerprint density at radius 1 is 1.28 bits per heavy atom. The number of aromatic nitrogens is 1. The van der Waals surface area contributed by atoms with Gasteiger partial charge in [-0.2, -0.15) is 0 Å². The Kier molecular flexibility index (Phi) is 3.26. The van der Waals surface area contributed by atoms with Gasteiger partial charge in [-0.15, -0.1) is 0 Å². The Morgan fingerprint density at radius 3 is 3.00 bits per heavy atom. The molecule has 94 valence electrons. The van der Waals surface area contributed by atoms with Gasteiger partial charge in [-0.05, 0) is 25.0 Å². The lowest BCUT2D eigenvalue weighted by molar-refractivity contribution is 0.0898. The average molecular weight is 242 g/mol. The van der Waals surface area contributed by atoms with E-state index in [1.54, 1.807) is 0 Å². The van der Waals surface area contributed by atoms with Gasteiger partial charge in [0.25, 0.3) is 0 Å². The first-order valence-corrected chi connectivity index (χ1v) is 6.55. The highest BCUT2D eigenvalue weighted by Gasteiger charge is 2.23. The summed E-state index contributed by atoms with van der Waals surface area (Å²) in [5, 5.41) is 1.17. The summed E-state index contributed by atoms with van der Waals surface area (Å²) in [6, 6.07) is 12.4. The van der Waals surface area contributed by atoms with Crippen molar-refractivity contribution in [3.05, 3.63) is 42.1 Å². The lowest BCUT2D eigenvalue weighted by atomic mass is 10.0. The summed E-state index contributed by atoms with van der Waals surface area (Å²) in [4.78, 5) is 4.65. The van der Waals surface area contributed by atoms with E-state index in [2.05, 4.69) is 23.2 Å². The molecule has 2 unspecified atom stereocenters. The molecule has 0 amide bonds. The second-order valence-electron chi connectivity index (χ2n) is 4.91. The third-order valence-corrected chi connectivity index (χ3v) is 3.54. The zero-order valence-corrected chi connectivity index (χ0v) is 10.4. The highest BCUT2D eigenvalue weighted by molar-refractivity contribution is 5.78. The van der Waals surface area contributed by atoms with Crippen LogP contribution in [0.25, 0.3) is 10.9 Å². The third-order valence-electron chi connectivity index (χ3n) is 3.54. The van der Waals surface area contributed by atoms with Crippen molar-refractivity contribution in [1.82, 2.24) is 4.98 Å². The molecule has 0 bridgehead atoms. The number of rotatable bonds is 3. The van der Waals surface area contributed by atoms with Gasteiger partial charge in [0, 0.05) is 30.1 Å². The topological polar surface area (TPSA) is 48.1 Å². The van der Waals surface area contributed by atoms with E-state index >= 15 is 0 Å². The quantitative estimate of drug-likeness (QED) is 0.898. The molecule has 1 aromatic carbocycles. The van der Waals surface area contributed by atoms with Crippen LogP contribution in [0.2, 0.25) is 0 Å². The van der Waals surface area contributed by atoms with E-state index in [9.17, 15) is 0 Å². The Balaban J connectivity index is 1.77. The third kappa shape index (κ3) is 2.37. The summed E-state index contributed by atoms with van der Waals surface area (Å²) in [7, 11) is 0. The van der Waals surface area contributed by atoms with Crippen molar-refractivity contribution in [2.24, 2.45) is 5.73 Å². The normalized spacial score (nSPS) is 21.3. The highest BCUT2D eigenvalue weighted by atomic mass is 16.5. The largest absolute Gasteiger partial charge is 0.377 e. The minimum Gasteiger partial charge on any atom is -0.377 e. The summed E-state index contributed by atoms with van der Waals surface area (Å²) in [5.41, 5.74) is 8.28. The number of hydrogen-bond donors (Lipinski definition) is 1. The highest BCUT2D eigenvalue weighted by Crippen LogP contribution is 2.18. The van der Waals surface area contributed by atoms with E-state index in [0.29, 0.717) is 0 Å². The molecule has 3 nitrogen and oxygen atoms in total.